The number of aliphatic imine (C=N–C) groups is 1. The highest BCUT2D eigenvalue weighted by atomic mass is 32.2. The summed E-state index contributed by atoms with van der Waals surface area (Å²) in [5.74, 6) is 0.437. The van der Waals surface area contributed by atoms with E-state index in [2.05, 4.69) is 26.9 Å². The number of piperazine rings is 1. The number of carbonyl (C=O) groups excluding carboxylic acids is 1. The quantitative estimate of drug-likeness (QED) is 0.0942. The topological polar surface area (TPSA) is 54.4 Å². The first-order chi connectivity index (χ1) is 21.9. The fourth-order valence-electron chi connectivity index (χ4n) is 4.92. The van der Waals surface area contributed by atoms with Crippen LogP contribution in [0.1, 0.15) is 35.6 Å². The molecule has 1 saturated heterocycles. The van der Waals surface area contributed by atoms with Crippen molar-refractivity contribution in [1.29, 1.82) is 0 Å². The first-order valence-corrected chi connectivity index (χ1v) is 15.2. The van der Waals surface area contributed by atoms with Crippen LogP contribution in [0, 0.1) is 0 Å². The summed E-state index contributed by atoms with van der Waals surface area (Å²) in [6.07, 6.45) is -6.05. The summed E-state index contributed by atoms with van der Waals surface area (Å²) in [5, 5.41) is 0.640. The number of carbonyl (C=O) groups is 1. The van der Waals surface area contributed by atoms with Crippen molar-refractivity contribution < 1.29 is 40.6 Å². The minimum absolute atomic E-state index is 0.0898. The highest BCUT2D eigenvalue weighted by molar-refractivity contribution is 8.17. The van der Waals surface area contributed by atoms with Crippen LogP contribution in [0.4, 0.5) is 32.0 Å². The van der Waals surface area contributed by atoms with E-state index in [4.69, 9.17) is 9.47 Å². The molecular formula is C33H33F6N3O3S. The van der Waals surface area contributed by atoms with Gasteiger partial charge in [-0.25, -0.2) is 0 Å². The van der Waals surface area contributed by atoms with Crippen molar-refractivity contribution in [3.63, 3.8) is 0 Å². The molecule has 0 unspecified atom stereocenters. The maximum Gasteiger partial charge on any atom is 0.416 e. The molecule has 6 nitrogen and oxygen atoms in total. The van der Waals surface area contributed by atoms with E-state index < -0.39 is 35.6 Å². The molecule has 1 aliphatic heterocycles. The molecule has 0 aliphatic carbocycles. The molecule has 246 valence electrons. The zero-order chi connectivity index (χ0) is 33.3. The molecule has 0 atom stereocenters. The fraction of sp³-hybridized carbons (Fsp3) is 0.333. The third-order valence-electron chi connectivity index (χ3n) is 7.31. The third-order valence-corrected chi connectivity index (χ3v) is 8.34. The van der Waals surface area contributed by atoms with E-state index in [0.29, 0.717) is 30.5 Å². The second-order valence-corrected chi connectivity index (χ2v) is 11.6. The van der Waals surface area contributed by atoms with Gasteiger partial charge in [-0.1, -0.05) is 48.2 Å². The summed E-state index contributed by atoms with van der Waals surface area (Å²) in [6, 6.07) is 16.6. The van der Waals surface area contributed by atoms with Crippen LogP contribution in [0.5, 0.6) is 11.5 Å². The Morgan fingerprint density at radius 1 is 0.913 bits per heavy atom. The van der Waals surface area contributed by atoms with Crippen molar-refractivity contribution in [2.45, 2.75) is 38.7 Å². The third kappa shape index (κ3) is 9.44. The molecule has 0 bridgehead atoms. The van der Waals surface area contributed by atoms with Crippen molar-refractivity contribution in [2.24, 2.45) is 4.99 Å². The highest BCUT2D eigenvalue weighted by Gasteiger charge is 2.38. The van der Waals surface area contributed by atoms with Crippen molar-refractivity contribution in [1.82, 2.24) is 4.90 Å². The number of rotatable bonds is 10. The number of methoxy groups -OCH3 is 1. The van der Waals surface area contributed by atoms with Gasteiger partial charge in [0.05, 0.1) is 18.2 Å². The SMILES string of the molecule is COc1cc(CCC=C(C)SC(=NC=O)N2CCN(c3ccccc3)CC2)ccc1OCc1ccc(C(F)(F)F)cc1C(F)(F)F. The Bertz CT molecular complexity index is 1540. The van der Waals surface area contributed by atoms with Gasteiger partial charge in [0.15, 0.2) is 16.7 Å². The Balaban J connectivity index is 1.34. The molecule has 1 amide bonds. The van der Waals surface area contributed by atoms with Crippen LogP contribution in [-0.2, 0) is 30.2 Å². The minimum Gasteiger partial charge on any atom is -0.493 e. The maximum atomic E-state index is 13.5. The van der Waals surface area contributed by atoms with Crippen LogP contribution < -0.4 is 14.4 Å². The molecule has 0 radical (unpaired) electrons. The molecule has 0 spiro atoms. The van der Waals surface area contributed by atoms with E-state index in [9.17, 15) is 31.1 Å². The number of nitrogens with zero attached hydrogens (tertiary/aromatic N) is 3. The van der Waals surface area contributed by atoms with Crippen molar-refractivity contribution in [3.05, 3.63) is 100.0 Å². The van der Waals surface area contributed by atoms with Crippen LogP contribution in [0.25, 0.3) is 0 Å². The number of benzene rings is 3. The number of allylic oxidation sites excluding steroid dienone is 2. The Kier molecular flexibility index (Phi) is 11.7. The number of amides is 1. The van der Waals surface area contributed by atoms with E-state index in [-0.39, 0.29) is 17.6 Å². The van der Waals surface area contributed by atoms with Crippen LogP contribution in [0.15, 0.2) is 82.7 Å². The lowest BCUT2D eigenvalue weighted by Gasteiger charge is -2.37. The first kappa shape index (κ1) is 34.7. The van der Waals surface area contributed by atoms with Crippen molar-refractivity contribution >= 4 is 29.0 Å². The summed E-state index contributed by atoms with van der Waals surface area (Å²) < 4.78 is 90.4. The van der Waals surface area contributed by atoms with Gasteiger partial charge >= 0.3 is 12.4 Å². The summed E-state index contributed by atoms with van der Waals surface area (Å²) in [4.78, 5) is 20.7. The monoisotopic (exact) mass is 665 g/mol. The average molecular weight is 666 g/mol. The molecular weight excluding hydrogens is 632 g/mol. The number of aryl methyl sites for hydroxylation is 1. The van der Waals surface area contributed by atoms with E-state index in [0.717, 1.165) is 48.4 Å². The standard InChI is InChI=1S/C33H33F6N3O3S/c1-23(46-31(40-22-43)42-17-15-41(16-18-42)27-9-4-3-5-10-27)7-6-8-24-11-14-29(30(19-24)44-2)45-21-25-12-13-26(32(34,35)36)20-28(25)33(37,38)39/h3-5,7,9-14,19-20,22H,6,8,15-18,21H2,1-2H3. The lowest BCUT2D eigenvalue weighted by Crippen LogP contribution is -2.48. The Labute approximate surface area is 267 Å². The lowest BCUT2D eigenvalue weighted by molar-refractivity contribution is -0.143. The predicted octanol–water partition coefficient (Wildman–Crippen LogP) is 8.22. The van der Waals surface area contributed by atoms with Gasteiger partial charge in [0.25, 0.3) is 0 Å². The number of hydrogen-bond donors (Lipinski definition) is 0. The molecule has 0 saturated carbocycles. The van der Waals surface area contributed by atoms with Crippen LogP contribution >= 0.6 is 11.8 Å². The van der Waals surface area contributed by atoms with Gasteiger partial charge in [0.2, 0.25) is 6.41 Å². The molecule has 13 heteroatoms. The molecule has 4 rings (SSSR count). The Hall–Kier alpha value is -4.13. The fourth-order valence-corrected chi connectivity index (χ4v) is 5.82. The van der Waals surface area contributed by atoms with Gasteiger partial charge in [0, 0.05) is 37.4 Å². The summed E-state index contributed by atoms with van der Waals surface area (Å²) in [5.41, 5.74) is -1.19. The molecule has 0 aromatic heterocycles. The number of amidine groups is 1. The summed E-state index contributed by atoms with van der Waals surface area (Å²) in [7, 11) is 1.39. The Morgan fingerprint density at radius 2 is 1.63 bits per heavy atom. The van der Waals surface area contributed by atoms with Gasteiger partial charge in [-0.05, 0) is 66.6 Å². The highest BCUT2D eigenvalue weighted by Crippen LogP contribution is 2.38. The molecule has 1 fully saturated rings. The van der Waals surface area contributed by atoms with E-state index in [1.165, 1.54) is 18.9 Å². The van der Waals surface area contributed by atoms with Crippen LogP contribution in [0.3, 0.4) is 0 Å². The number of thioether (sulfide) groups is 1. The zero-order valence-corrected chi connectivity index (χ0v) is 26.0. The number of alkyl halides is 6. The smallest absolute Gasteiger partial charge is 0.416 e. The molecule has 46 heavy (non-hydrogen) atoms. The molecule has 0 N–H and O–H groups in total. The normalized spacial score (nSPS) is 14.8. The number of halogens is 6. The predicted molar refractivity (Wildman–Crippen MR) is 167 cm³/mol. The largest absolute Gasteiger partial charge is 0.493 e. The van der Waals surface area contributed by atoms with Crippen LogP contribution in [0.2, 0.25) is 0 Å². The van der Waals surface area contributed by atoms with Gasteiger partial charge in [0.1, 0.15) is 6.61 Å². The first-order valence-electron chi connectivity index (χ1n) is 14.4. The van der Waals surface area contributed by atoms with Crippen molar-refractivity contribution in [2.75, 3.05) is 38.2 Å². The second kappa shape index (κ2) is 15.4. The summed E-state index contributed by atoms with van der Waals surface area (Å²) in [6.45, 7) is 4.41. The van der Waals surface area contributed by atoms with Gasteiger partial charge < -0.3 is 19.3 Å². The zero-order valence-electron chi connectivity index (χ0n) is 25.2. The average Bonchev–Trinajstić information content (AvgIpc) is 3.03. The number of anilines is 1. The van der Waals surface area contributed by atoms with Gasteiger partial charge in [-0.15, -0.1) is 0 Å². The van der Waals surface area contributed by atoms with E-state index in [1.54, 1.807) is 18.2 Å². The van der Waals surface area contributed by atoms with Crippen molar-refractivity contribution in [3.8, 4) is 11.5 Å². The van der Waals surface area contributed by atoms with Crippen LogP contribution in [-0.4, -0.2) is 49.8 Å². The lowest BCUT2D eigenvalue weighted by atomic mass is 10.0. The Morgan fingerprint density at radius 3 is 2.26 bits per heavy atom. The number of hydrogen-bond acceptors (Lipinski definition) is 5. The molecule has 1 heterocycles. The second-order valence-electron chi connectivity index (χ2n) is 10.4. The van der Waals surface area contributed by atoms with E-state index >= 15 is 0 Å². The van der Waals surface area contributed by atoms with Gasteiger partial charge in [-0.2, -0.15) is 31.3 Å². The maximum absolute atomic E-state index is 13.5. The molecule has 3 aromatic rings. The summed E-state index contributed by atoms with van der Waals surface area (Å²) >= 11 is 1.43. The number of para-hydroxylation sites is 1. The molecule has 3 aromatic carbocycles. The van der Waals surface area contributed by atoms with E-state index in [1.807, 2.05) is 31.2 Å². The minimum atomic E-state index is -4.99. The number of ether oxygens (including phenoxy) is 2. The molecule has 1 aliphatic rings. The van der Waals surface area contributed by atoms with Gasteiger partial charge in [-0.3, -0.25) is 4.79 Å².